The molecule has 0 saturated carbocycles. The minimum absolute atomic E-state index is 0.0253. The maximum Gasteiger partial charge on any atom is 0.231 e. The first kappa shape index (κ1) is 17.4. The van der Waals surface area contributed by atoms with Crippen LogP contribution in [0.5, 0.6) is 0 Å². The number of aromatic nitrogens is 2. The van der Waals surface area contributed by atoms with E-state index in [1.807, 2.05) is 36.7 Å². The smallest absolute Gasteiger partial charge is 0.231 e. The number of H-pyrrole nitrogens is 2. The van der Waals surface area contributed by atoms with Gasteiger partial charge in [0.1, 0.15) is 0 Å². The van der Waals surface area contributed by atoms with Crippen molar-refractivity contribution < 1.29 is 4.79 Å². The molecular formula is C22H24N4O. The van der Waals surface area contributed by atoms with Crippen molar-refractivity contribution in [3.05, 3.63) is 72.1 Å². The lowest BCUT2D eigenvalue weighted by molar-refractivity contribution is -0.120. The molecule has 4 N–H and O–H groups in total. The van der Waals surface area contributed by atoms with E-state index in [2.05, 4.69) is 53.0 Å². The van der Waals surface area contributed by atoms with Crippen molar-refractivity contribution in [3.63, 3.8) is 0 Å². The van der Waals surface area contributed by atoms with Gasteiger partial charge in [0.15, 0.2) is 0 Å². The number of nitrogens with two attached hydrogens (primary N) is 1. The summed E-state index contributed by atoms with van der Waals surface area (Å²) >= 11 is 0. The quantitative estimate of drug-likeness (QED) is 0.480. The molecule has 0 bridgehead atoms. The molecular weight excluding hydrogens is 336 g/mol. The van der Waals surface area contributed by atoms with Gasteiger partial charge in [-0.25, -0.2) is 0 Å². The molecule has 4 aromatic rings. The van der Waals surface area contributed by atoms with Crippen LogP contribution in [0, 0.1) is 0 Å². The number of aromatic amines is 2. The lowest BCUT2D eigenvalue weighted by atomic mass is 10.00. The molecule has 0 aliphatic carbocycles. The zero-order valence-corrected chi connectivity index (χ0v) is 15.6. The lowest BCUT2D eigenvalue weighted by Gasteiger charge is -2.33. The SMILES string of the molecule is CC(c1c[nH]c2ccccc12)N(CC(N)=O)C(C)c1c[nH]c2ccccc12. The highest BCUT2D eigenvalue weighted by Crippen LogP contribution is 2.35. The highest BCUT2D eigenvalue weighted by molar-refractivity contribution is 5.85. The van der Waals surface area contributed by atoms with Gasteiger partial charge in [0.25, 0.3) is 0 Å². The Balaban J connectivity index is 1.75. The van der Waals surface area contributed by atoms with Crippen molar-refractivity contribution in [2.75, 3.05) is 6.54 Å². The highest BCUT2D eigenvalue weighted by atomic mass is 16.1. The number of fused-ring (bicyclic) bond motifs is 2. The molecule has 2 aromatic heterocycles. The fraction of sp³-hybridized carbons (Fsp3) is 0.227. The van der Waals surface area contributed by atoms with Crippen molar-refractivity contribution in [1.29, 1.82) is 0 Å². The Morgan fingerprint density at radius 3 is 1.78 bits per heavy atom. The number of carbonyl (C=O) groups is 1. The molecule has 2 aromatic carbocycles. The Hall–Kier alpha value is -3.05. The first-order valence-corrected chi connectivity index (χ1v) is 9.22. The van der Waals surface area contributed by atoms with E-state index in [-0.39, 0.29) is 24.5 Å². The second kappa shape index (κ2) is 6.93. The minimum atomic E-state index is -0.326. The van der Waals surface area contributed by atoms with Crippen LogP contribution in [0.1, 0.15) is 37.1 Å². The topological polar surface area (TPSA) is 77.9 Å². The van der Waals surface area contributed by atoms with E-state index in [9.17, 15) is 4.79 Å². The van der Waals surface area contributed by atoms with Gasteiger partial charge in [0.05, 0.1) is 6.54 Å². The molecule has 2 atom stereocenters. The summed E-state index contributed by atoms with van der Waals surface area (Å²) in [6.45, 7) is 4.45. The third-order valence-corrected chi connectivity index (χ3v) is 5.48. The van der Waals surface area contributed by atoms with Gasteiger partial charge in [-0.15, -0.1) is 0 Å². The van der Waals surface area contributed by atoms with Gasteiger partial charge < -0.3 is 15.7 Å². The zero-order valence-electron chi connectivity index (χ0n) is 15.6. The molecule has 0 fully saturated rings. The lowest BCUT2D eigenvalue weighted by Crippen LogP contribution is -2.37. The highest BCUT2D eigenvalue weighted by Gasteiger charge is 2.27. The second-order valence-electron chi connectivity index (χ2n) is 7.07. The monoisotopic (exact) mass is 360 g/mol. The molecule has 27 heavy (non-hydrogen) atoms. The summed E-state index contributed by atoms with van der Waals surface area (Å²) in [6.07, 6.45) is 4.07. The summed E-state index contributed by atoms with van der Waals surface area (Å²) in [4.78, 5) is 20.7. The summed E-state index contributed by atoms with van der Waals surface area (Å²) in [5.41, 5.74) is 10.1. The van der Waals surface area contributed by atoms with Crippen molar-refractivity contribution in [1.82, 2.24) is 14.9 Å². The van der Waals surface area contributed by atoms with Crippen LogP contribution in [0.2, 0.25) is 0 Å². The number of nitrogens with one attached hydrogen (secondary N) is 2. The average molecular weight is 360 g/mol. The molecule has 2 unspecified atom stereocenters. The van der Waals surface area contributed by atoms with Gasteiger partial charge in [-0.2, -0.15) is 0 Å². The number of rotatable bonds is 6. The predicted octanol–water partition coefficient (Wildman–Crippen LogP) is 4.26. The third kappa shape index (κ3) is 3.11. The molecule has 2 heterocycles. The van der Waals surface area contributed by atoms with Crippen molar-refractivity contribution in [2.24, 2.45) is 5.73 Å². The summed E-state index contributed by atoms with van der Waals surface area (Å²) < 4.78 is 0. The van der Waals surface area contributed by atoms with Crippen molar-refractivity contribution in [3.8, 4) is 0 Å². The van der Waals surface area contributed by atoms with Gasteiger partial charge in [-0.05, 0) is 37.1 Å². The summed E-state index contributed by atoms with van der Waals surface area (Å²) in [5.74, 6) is -0.326. The summed E-state index contributed by atoms with van der Waals surface area (Å²) in [5, 5.41) is 2.34. The number of hydrogen-bond donors (Lipinski definition) is 3. The van der Waals surface area contributed by atoms with Gasteiger partial charge in [-0.1, -0.05) is 36.4 Å². The maximum atomic E-state index is 11.8. The number of carbonyl (C=O) groups excluding carboxylic acids is 1. The van der Waals surface area contributed by atoms with E-state index in [0.717, 1.165) is 11.0 Å². The Morgan fingerprint density at radius 2 is 1.33 bits per heavy atom. The molecule has 0 radical (unpaired) electrons. The van der Waals surface area contributed by atoms with E-state index >= 15 is 0 Å². The minimum Gasteiger partial charge on any atom is -0.369 e. The largest absolute Gasteiger partial charge is 0.369 e. The van der Waals surface area contributed by atoms with E-state index in [4.69, 9.17) is 5.73 Å². The first-order valence-electron chi connectivity index (χ1n) is 9.22. The van der Waals surface area contributed by atoms with Crippen LogP contribution in [0.3, 0.4) is 0 Å². The standard InChI is InChI=1S/C22H24N4O/c1-14(18-11-24-20-9-5-3-7-16(18)20)26(13-22(23)27)15(2)19-12-25-21-10-6-4-8-17(19)21/h3-12,14-15,24-25H,13H2,1-2H3,(H2,23,27). The fourth-order valence-corrected chi connectivity index (χ4v) is 4.03. The molecule has 5 heteroatoms. The summed E-state index contributed by atoms with van der Waals surface area (Å²) in [6, 6.07) is 16.5. The van der Waals surface area contributed by atoms with Crippen molar-refractivity contribution >= 4 is 27.7 Å². The van der Waals surface area contributed by atoms with E-state index in [1.165, 1.54) is 21.9 Å². The van der Waals surface area contributed by atoms with Gasteiger partial charge in [0.2, 0.25) is 5.91 Å². The first-order chi connectivity index (χ1) is 13.1. The second-order valence-corrected chi connectivity index (χ2v) is 7.07. The van der Waals surface area contributed by atoms with E-state index in [0.29, 0.717) is 0 Å². The number of primary amides is 1. The molecule has 1 amide bonds. The summed E-state index contributed by atoms with van der Waals surface area (Å²) in [7, 11) is 0. The normalized spacial score (nSPS) is 14.0. The molecule has 0 aliphatic rings. The molecule has 0 saturated heterocycles. The zero-order chi connectivity index (χ0) is 19.0. The van der Waals surface area contributed by atoms with Crippen LogP contribution in [-0.2, 0) is 4.79 Å². The Bertz CT molecular complexity index is 1010. The number of hydrogen-bond acceptors (Lipinski definition) is 2. The number of para-hydroxylation sites is 2. The van der Waals surface area contributed by atoms with Crippen LogP contribution in [0.25, 0.3) is 21.8 Å². The van der Waals surface area contributed by atoms with Crippen LogP contribution >= 0.6 is 0 Å². The molecule has 0 spiro atoms. The molecule has 4 rings (SSSR count). The van der Waals surface area contributed by atoms with Crippen LogP contribution in [0.4, 0.5) is 0 Å². The Labute approximate surface area is 158 Å². The van der Waals surface area contributed by atoms with E-state index in [1.54, 1.807) is 0 Å². The Morgan fingerprint density at radius 1 is 0.889 bits per heavy atom. The van der Waals surface area contributed by atoms with Crippen LogP contribution in [-0.4, -0.2) is 27.3 Å². The maximum absolute atomic E-state index is 11.8. The third-order valence-electron chi connectivity index (χ3n) is 5.48. The molecule has 5 nitrogen and oxygen atoms in total. The van der Waals surface area contributed by atoms with E-state index < -0.39 is 0 Å². The Kier molecular flexibility index (Phi) is 4.46. The molecule has 138 valence electrons. The van der Waals surface area contributed by atoms with Crippen LogP contribution < -0.4 is 5.73 Å². The van der Waals surface area contributed by atoms with Gasteiger partial charge >= 0.3 is 0 Å². The van der Waals surface area contributed by atoms with Crippen LogP contribution in [0.15, 0.2) is 60.9 Å². The average Bonchev–Trinajstić information content (AvgIpc) is 3.29. The molecule has 0 aliphatic heterocycles. The van der Waals surface area contributed by atoms with Gasteiger partial charge in [0, 0.05) is 46.3 Å². The van der Waals surface area contributed by atoms with Crippen molar-refractivity contribution in [2.45, 2.75) is 25.9 Å². The van der Waals surface area contributed by atoms with Gasteiger partial charge in [-0.3, -0.25) is 9.69 Å². The number of benzene rings is 2. The number of amides is 1. The fourth-order valence-electron chi connectivity index (χ4n) is 4.03. The number of nitrogens with zero attached hydrogens (tertiary/aromatic N) is 1. The predicted molar refractivity (Wildman–Crippen MR) is 109 cm³/mol.